The molecule has 0 fully saturated rings. The average Bonchev–Trinajstić information content (AvgIpc) is 2.47. The van der Waals surface area contributed by atoms with Crippen molar-refractivity contribution in [3.05, 3.63) is 65.7 Å². The van der Waals surface area contributed by atoms with E-state index in [0.717, 1.165) is 11.3 Å². The zero-order valence-electron chi connectivity index (χ0n) is 11.2. The third kappa shape index (κ3) is 3.48. The van der Waals surface area contributed by atoms with E-state index in [2.05, 4.69) is 0 Å². The van der Waals surface area contributed by atoms with Crippen molar-refractivity contribution in [3.8, 4) is 11.5 Å². The second-order valence-corrected chi connectivity index (χ2v) is 4.22. The summed E-state index contributed by atoms with van der Waals surface area (Å²) >= 11 is 0. The molecule has 0 aliphatic heterocycles. The highest BCUT2D eigenvalue weighted by molar-refractivity contribution is 6.08. The number of phenols is 1. The van der Waals surface area contributed by atoms with Crippen molar-refractivity contribution in [1.82, 2.24) is 0 Å². The number of carbonyl (C=O) groups excluding carboxylic acids is 1. The van der Waals surface area contributed by atoms with E-state index in [1.807, 2.05) is 31.2 Å². The minimum atomic E-state index is -0.225. The fraction of sp³-hybridized carbons (Fsp3) is 0.118. The van der Waals surface area contributed by atoms with Crippen LogP contribution >= 0.6 is 0 Å². The summed E-state index contributed by atoms with van der Waals surface area (Å²) in [5, 5.41) is 9.60. The Morgan fingerprint density at radius 2 is 1.85 bits per heavy atom. The lowest BCUT2D eigenvalue weighted by Gasteiger charge is -2.02. The van der Waals surface area contributed by atoms with Crippen LogP contribution in [0.1, 0.15) is 22.8 Å². The Hall–Kier alpha value is -2.55. The molecule has 0 heterocycles. The second-order valence-electron chi connectivity index (χ2n) is 4.22. The average molecular weight is 268 g/mol. The standard InChI is InChI=1S/C17H16O3/c1-2-20-14-10-7-13(8-11-14)9-12-17(19)15-5-3-4-6-16(15)18/h3-12,18H,2H2,1H3/b12-9+. The fourth-order valence-corrected chi connectivity index (χ4v) is 1.79. The first-order valence-corrected chi connectivity index (χ1v) is 6.44. The number of rotatable bonds is 5. The molecule has 3 heteroatoms. The summed E-state index contributed by atoms with van der Waals surface area (Å²) in [5.74, 6) is 0.572. The maximum atomic E-state index is 11.9. The number of phenolic OH excluding ortho intramolecular Hbond substituents is 1. The van der Waals surface area contributed by atoms with Gasteiger partial charge in [0.25, 0.3) is 0 Å². The van der Waals surface area contributed by atoms with Gasteiger partial charge in [0.05, 0.1) is 12.2 Å². The number of hydrogen-bond acceptors (Lipinski definition) is 3. The molecule has 2 aromatic rings. The smallest absolute Gasteiger partial charge is 0.189 e. The minimum Gasteiger partial charge on any atom is -0.507 e. The quantitative estimate of drug-likeness (QED) is 0.664. The predicted molar refractivity (Wildman–Crippen MR) is 79.1 cm³/mol. The van der Waals surface area contributed by atoms with Crippen LogP contribution < -0.4 is 4.74 Å². The lowest BCUT2D eigenvalue weighted by atomic mass is 10.1. The topological polar surface area (TPSA) is 46.5 Å². The van der Waals surface area contributed by atoms with E-state index in [-0.39, 0.29) is 11.5 Å². The molecule has 102 valence electrons. The molecule has 0 atom stereocenters. The Labute approximate surface area is 118 Å². The van der Waals surface area contributed by atoms with Gasteiger partial charge in [-0.3, -0.25) is 4.79 Å². The van der Waals surface area contributed by atoms with E-state index >= 15 is 0 Å². The van der Waals surface area contributed by atoms with Crippen molar-refractivity contribution >= 4 is 11.9 Å². The van der Waals surface area contributed by atoms with Crippen LogP contribution in [0.15, 0.2) is 54.6 Å². The lowest BCUT2D eigenvalue weighted by molar-refractivity contribution is 0.104. The summed E-state index contributed by atoms with van der Waals surface area (Å²) in [6, 6.07) is 14.0. The highest BCUT2D eigenvalue weighted by Gasteiger charge is 2.06. The highest BCUT2D eigenvalue weighted by atomic mass is 16.5. The number of benzene rings is 2. The van der Waals surface area contributed by atoms with Crippen molar-refractivity contribution in [2.45, 2.75) is 6.92 Å². The van der Waals surface area contributed by atoms with Gasteiger partial charge >= 0.3 is 0 Å². The molecule has 0 bridgehead atoms. The number of allylic oxidation sites excluding steroid dienone is 1. The summed E-state index contributed by atoms with van der Waals surface area (Å²) in [6.07, 6.45) is 3.16. The van der Waals surface area contributed by atoms with E-state index in [0.29, 0.717) is 12.2 Å². The van der Waals surface area contributed by atoms with Gasteiger partial charge in [0, 0.05) is 0 Å². The van der Waals surface area contributed by atoms with E-state index in [1.54, 1.807) is 24.3 Å². The minimum absolute atomic E-state index is 0.00570. The molecule has 1 N–H and O–H groups in total. The summed E-state index contributed by atoms with van der Waals surface area (Å²) in [6.45, 7) is 2.56. The Kier molecular flexibility index (Phi) is 4.56. The Balaban J connectivity index is 2.09. The van der Waals surface area contributed by atoms with E-state index in [9.17, 15) is 9.90 Å². The predicted octanol–water partition coefficient (Wildman–Crippen LogP) is 3.69. The zero-order chi connectivity index (χ0) is 14.4. The number of hydrogen-bond donors (Lipinski definition) is 1. The van der Waals surface area contributed by atoms with Gasteiger partial charge in [0.15, 0.2) is 5.78 Å². The highest BCUT2D eigenvalue weighted by Crippen LogP contribution is 2.18. The summed E-state index contributed by atoms with van der Waals surface area (Å²) in [5.41, 5.74) is 1.20. The van der Waals surface area contributed by atoms with Gasteiger partial charge in [-0.25, -0.2) is 0 Å². The van der Waals surface area contributed by atoms with Crippen LogP contribution in [0.3, 0.4) is 0 Å². The van der Waals surface area contributed by atoms with Crippen LogP contribution in [-0.4, -0.2) is 17.5 Å². The molecule has 0 aliphatic rings. The van der Waals surface area contributed by atoms with Gasteiger partial charge in [-0.15, -0.1) is 0 Å². The molecule has 0 aliphatic carbocycles. The van der Waals surface area contributed by atoms with Crippen LogP contribution in [0.4, 0.5) is 0 Å². The Morgan fingerprint density at radius 3 is 2.50 bits per heavy atom. The molecule has 0 saturated heterocycles. The van der Waals surface area contributed by atoms with Crippen LogP contribution in [0.2, 0.25) is 0 Å². The summed E-state index contributed by atoms with van der Waals surface area (Å²) < 4.78 is 5.35. The molecule has 2 rings (SSSR count). The van der Waals surface area contributed by atoms with Crippen LogP contribution in [-0.2, 0) is 0 Å². The molecule has 0 aromatic heterocycles. The van der Waals surface area contributed by atoms with Crippen molar-refractivity contribution in [2.24, 2.45) is 0 Å². The zero-order valence-corrected chi connectivity index (χ0v) is 11.2. The van der Waals surface area contributed by atoms with Gasteiger partial charge in [0.2, 0.25) is 0 Å². The van der Waals surface area contributed by atoms with Crippen molar-refractivity contribution < 1.29 is 14.6 Å². The number of para-hydroxylation sites is 1. The van der Waals surface area contributed by atoms with Gasteiger partial charge in [-0.05, 0) is 42.8 Å². The van der Waals surface area contributed by atoms with Gasteiger partial charge < -0.3 is 9.84 Å². The van der Waals surface area contributed by atoms with E-state index in [4.69, 9.17) is 4.74 Å². The maximum Gasteiger partial charge on any atom is 0.189 e. The maximum absolute atomic E-state index is 11.9. The number of carbonyl (C=O) groups is 1. The largest absolute Gasteiger partial charge is 0.507 e. The third-order valence-electron chi connectivity index (χ3n) is 2.79. The third-order valence-corrected chi connectivity index (χ3v) is 2.79. The Bertz CT molecular complexity index is 612. The first-order valence-electron chi connectivity index (χ1n) is 6.44. The first-order chi connectivity index (χ1) is 9.70. The molecular weight excluding hydrogens is 252 g/mol. The van der Waals surface area contributed by atoms with Gasteiger partial charge in [0.1, 0.15) is 11.5 Å². The normalized spacial score (nSPS) is 10.7. The molecule has 0 spiro atoms. The number of ether oxygens (including phenoxy) is 1. The molecule has 20 heavy (non-hydrogen) atoms. The SMILES string of the molecule is CCOc1ccc(/C=C/C(=O)c2ccccc2O)cc1. The molecule has 2 aromatic carbocycles. The summed E-state index contributed by atoms with van der Waals surface area (Å²) in [4.78, 5) is 11.9. The molecule has 3 nitrogen and oxygen atoms in total. The van der Waals surface area contributed by atoms with Crippen LogP contribution in [0, 0.1) is 0 Å². The Morgan fingerprint density at radius 1 is 1.15 bits per heavy atom. The van der Waals surface area contributed by atoms with Crippen molar-refractivity contribution in [3.63, 3.8) is 0 Å². The molecule has 0 unspecified atom stereocenters. The molecule has 0 radical (unpaired) electrons. The lowest BCUT2D eigenvalue weighted by Crippen LogP contribution is -1.94. The first kappa shape index (κ1) is 13.9. The molecule has 0 saturated carbocycles. The van der Waals surface area contributed by atoms with Crippen LogP contribution in [0.25, 0.3) is 6.08 Å². The van der Waals surface area contributed by atoms with Gasteiger partial charge in [-0.1, -0.05) is 30.3 Å². The molecular formula is C17H16O3. The van der Waals surface area contributed by atoms with E-state index in [1.165, 1.54) is 12.1 Å². The number of aromatic hydroxyl groups is 1. The van der Waals surface area contributed by atoms with Crippen molar-refractivity contribution in [2.75, 3.05) is 6.61 Å². The van der Waals surface area contributed by atoms with Gasteiger partial charge in [-0.2, -0.15) is 0 Å². The van der Waals surface area contributed by atoms with E-state index < -0.39 is 0 Å². The summed E-state index contributed by atoms with van der Waals surface area (Å²) in [7, 11) is 0. The van der Waals surface area contributed by atoms with Crippen molar-refractivity contribution in [1.29, 1.82) is 0 Å². The second kappa shape index (κ2) is 6.57. The monoisotopic (exact) mass is 268 g/mol. The fourth-order valence-electron chi connectivity index (χ4n) is 1.79. The van der Waals surface area contributed by atoms with Crippen LogP contribution in [0.5, 0.6) is 11.5 Å². The number of ketones is 1. The molecule has 0 amide bonds.